The van der Waals surface area contributed by atoms with Gasteiger partial charge in [0.25, 0.3) is 5.97 Å². The molecular formula is C3H11CaN3O2S. The van der Waals surface area contributed by atoms with Gasteiger partial charge in [-0.05, 0) is 0 Å². The molecule has 5 N–H and O–H groups in total. The molecule has 0 fully saturated rings. The Morgan fingerprint density at radius 3 is 1.90 bits per heavy atom. The zero-order valence-corrected chi connectivity index (χ0v) is 5.77. The van der Waals surface area contributed by atoms with E-state index in [9.17, 15) is 0 Å². The molecule has 0 aliphatic carbocycles. The summed E-state index contributed by atoms with van der Waals surface area (Å²) < 4.78 is 2.08. The summed E-state index contributed by atoms with van der Waals surface area (Å²) in [7, 11) is 0. The van der Waals surface area contributed by atoms with E-state index in [2.05, 4.69) is 23.3 Å². The number of hydrogen-bond acceptors (Lipinski definition) is 3. The Morgan fingerprint density at radius 1 is 1.80 bits per heavy atom. The fourth-order valence-corrected chi connectivity index (χ4v) is 0. The SMILES string of the molecule is CC(=O)O.N=C(N)NS.[CaH2]. The molecule has 0 saturated heterocycles. The molecule has 0 aromatic rings. The third-order valence-corrected chi connectivity index (χ3v) is 0.361. The van der Waals surface area contributed by atoms with Crippen LogP contribution in [0.4, 0.5) is 0 Å². The molecule has 0 saturated carbocycles. The summed E-state index contributed by atoms with van der Waals surface area (Å²) in [6.07, 6.45) is 0. The van der Waals surface area contributed by atoms with Crippen LogP contribution >= 0.6 is 12.8 Å². The van der Waals surface area contributed by atoms with E-state index in [0.29, 0.717) is 0 Å². The first kappa shape index (κ1) is 16.7. The Balaban J connectivity index is -0.0000000910. The molecule has 10 heavy (non-hydrogen) atoms. The molecule has 58 valence electrons. The van der Waals surface area contributed by atoms with Gasteiger partial charge in [0.05, 0.1) is 0 Å². The van der Waals surface area contributed by atoms with Crippen molar-refractivity contribution in [1.29, 1.82) is 5.41 Å². The molecule has 0 rings (SSSR count). The van der Waals surface area contributed by atoms with E-state index < -0.39 is 5.97 Å². The summed E-state index contributed by atoms with van der Waals surface area (Å²) in [5, 5.41) is 13.8. The summed E-state index contributed by atoms with van der Waals surface area (Å²) in [4.78, 5) is 9.00. The molecular weight excluding hydrogens is 182 g/mol. The number of carboxylic acid groups (broad SMARTS) is 1. The molecule has 0 aromatic heterocycles. The van der Waals surface area contributed by atoms with Gasteiger partial charge >= 0.3 is 37.7 Å². The van der Waals surface area contributed by atoms with Gasteiger partial charge in [0, 0.05) is 6.92 Å². The molecule has 0 aliphatic heterocycles. The molecule has 5 nitrogen and oxygen atoms in total. The number of thiol groups is 1. The van der Waals surface area contributed by atoms with E-state index in [1.807, 2.05) is 0 Å². The third kappa shape index (κ3) is 81.7. The van der Waals surface area contributed by atoms with E-state index in [0.717, 1.165) is 6.92 Å². The Bertz CT molecular complexity index is 106. The molecule has 0 amide bonds. The Kier molecular flexibility index (Phi) is 20.2. The number of nitrogens with one attached hydrogen (secondary N) is 2. The van der Waals surface area contributed by atoms with Gasteiger partial charge < -0.3 is 15.6 Å². The average Bonchev–Trinajstić information content (AvgIpc) is 1.65. The van der Waals surface area contributed by atoms with Crippen molar-refractivity contribution < 1.29 is 9.90 Å². The van der Waals surface area contributed by atoms with Gasteiger partial charge in [-0.1, -0.05) is 12.8 Å². The summed E-state index contributed by atoms with van der Waals surface area (Å²) in [5.41, 5.74) is 4.69. The first-order valence-electron chi connectivity index (χ1n) is 1.94. The minimum absolute atomic E-state index is 0. The van der Waals surface area contributed by atoms with Gasteiger partial charge in [-0.15, -0.1) is 0 Å². The molecule has 0 unspecified atom stereocenters. The fourth-order valence-electron chi connectivity index (χ4n) is 0. The van der Waals surface area contributed by atoms with Gasteiger partial charge in [-0.2, -0.15) is 0 Å². The zero-order valence-electron chi connectivity index (χ0n) is 4.88. The topological polar surface area (TPSA) is 99.2 Å². The van der Waals surface area contributed by atoms with E-state index in [1.54, 1.807) is 0 Å². The van der Waals surface area contributed by atoms with Gasteiger partial charge in [-0.3, -0.25) is 10.2 Å². The molecule has 0 aliphatic rings. The average molecular weight is 193 g/mol. The second-order valence-corrected chi connectivity index (χ2v) is 1.27. The Labute approximate surface area is 94.4 Å². The van der Waals surface area contributed by atoms with Crippen LogP contribution in [0.5, 0.6) is 0 Å². The first-order chi connectivity index (χ1) is 4.00. The zero-order chi connectivity index (χ0) is 7.86. The number of guanidine groups is 1. The second-order valence-electron chi connectivity index (χ2n) is 1.04. The molecule has 0 bridgehead atoms. The van der Waals surface area contributed by atoms with Crippen molar-refractivity contribution in [3.63, 3.8) is 0 Å². The van der Waals surface area contributed by atoms with Crippen LogP contribution in [0.25, 0.3) is 0 Å². The van der Waals surface area contributed by atoms with Crippen LogP contribution in [0.2, 0.25) is 0 Å². The summed E-state index contributed by atoms with van der Waals surface area (Å²) in [5.74, 6) is -0.965. The maximum atomic E-state index is 9.00. The minimum atomic E-state index is -0.833. The van der Waals surface area contributed by atoms with Crippen molar-refractivity contribution in [3.05, 3.63) is 0 Å². The Hall–Kier alpha value is 0.350. The number of rotatable bonds is 0. The Morgan fingerprint density at radius 2 is 1.90 bits per heavy atom. The van der Waals surface area contributed by atoms with E-state index >= 15 is 0 Å². The van der Waals surface area contributed by atoms with Gasteiger partial charge in [-0.25, -0.2) is 0 Å². The maximum absolute atomic E-state index is 9.00. The molecule has 0 spiro atoms. The van der Waals surface area contributed by atoms with Crippen LogP contribution in [-0.4, -0.2) is 54.8 Å². The van der Waals surface area contributed by atoms with E-state index in [-0.39, 0.29) is 43.7 Å². The number of carboxylic acids is 1. The molecule has 0 atom stereocenters. The van der Waals surface area contributed by atoms with Gasteiger partial charge in [0.15, 0.2) is 5.96 Å². The number of carbonyl (C=O) groups is 1. The molecule has 0 heterocycles. The fraction of sp³-hybridized carbons (Fsp3) is 0.333. The monoisotopic (exact) mass is 193 g/mol. The standard InChI is InChI=1S/C2H4O2.CH5N3S.Ca.2H/c1-2(3)4;2-1(3)4-5;;;/h1H3,(H,3,4);5H,(H4,2,3,4);;;. The summed E-state index contributed by atoms with van der Waals surface area (Å²) in [6, 6.07) is 0. The van der Waals surface area contributed by atoms with Gasteiger partial charge in [0.1, 0.15) is 0 Å². The predicted molar refractivity (Wildman–Crippen MR) is 45.9 cm³/mol. The van der Waals surface area contributed by atoms with Crippen molar-refractivity contribution in [2.45, 2.75) is 6.92 Å². The second kappa shape index (κ2) is 12.1. The van der Waals surface area contributed by atoms with E-state index in [4.69, 9.17) is 15.3 Å². The van der Waals surface area contributed by atoms with Crippen molar-refractivity contribution in [1.82, 2.24) is 4.72 Å². The van der Waals surface area contributed by atoms with Crippen LogP contribution in [0.15, 0.2) is 0 Å². The molecule has 0 aromatic carbocycles. The van der Waals surface area contributed by atoms with E-state index in [1.165, 1.54) is 0 Å². The van der Waals surface area contributed by atoms with Gasteiger partial charge in [0.2, 0.25) is 0 Å². The number of nitrogens with two attached hydrogens (primary N) is 1. The quantitative estimate of drug-likeness (QED) is 0.140. The van der Waals surface area contributed by atoms with Crippen LogP contribution in [0, 0.1) is 5.41 Å². The summed E-state index contributed by atoms with van der Waals surface area (Å²) in [6.45, 7) is 1.08. The van der Waals surface area contributed by atoms with Crippen molar-refractivity contribution in [3.8, 4) is 0 Å². The van der Waals surface area contributed by atoms with Crippen LogP contribution in [0.1, 0.15) is 6.92 Å². The molecule has 7 heteroatoms. The summed E-state index contributed by atoms with van der Waals surface area (Å²) >= 11 is 3.42. The van der Waals surface area contributed by atoms with Crippen molar-refractivity contribution in [2.24, 2.45) is 5.73 Å². The predicted octanol–water partition coefficient (Wildman–Crippen LogP) is -1.51. The van der Waals surface area contributed by atoms with Crippen LogP contribution in [0.3, 0.4) is 0 Å². The van der Waals surface area contributed by atoms with Crippen molar-refractivity contribution >= 4 is 62.5 Å². The van der Waals surface area contributed by atoms with Crippen LogP contribution in [-0.2, 0) is 4.79 Å². The first-order valence-corrected chi connectivity index (χ1v) is 2.39. The number of hydrogen-bond donors (Lipinski definition) is 5. The number of aliphatic carboxylic acids is 1. The molecule has 0 radical (unpaired) electrons. The van der Waals surface area contributed by atoms with Crippen molar-refractivity contribution in [2.75, 3.05) is 0 Å². The third-order valence-electron chi connectivity index (χ3n) is 0.120. The normalized spacial score (nSPS) is 5.80. The van der Waals surface area contributed by atoms with Crippen LogP contribution < -0.4 is 10.5 Å².